The Kier molecular flexibility index (Phi) is 4.92. The summed E-state index contributed by atoms with van der Waals surface area (Å²) >= 11 is 0. The molecule has 9 aromatic rings. The second kappa shape index (κ2) is 9.04. The van der Waals surface area contributed by atoms with Gasteiger partial charge in [0.05, 0.1) is 16.4 Å². The van der Waals surface area contributed by atoms with Crippen LogP contribution in [0.3, 0.4) is 0 Å². The third kappa shape index (κ3) is 3.22. The van der Waals surface area contributed by atoms with Gasteiger partial charge in [0.15, 0.2) is 0 Å². The van der Waals surface area contributed by atoms with Crippen LogP contribution in [-0.4, -0.2) is 9.55 Å². The van der Waals surface area contributed by atoms with Crippen LogP contribution in [0.2, 0.25) is 0 Å². The first-order valence-corrected chi connectivity index (χ1v) is 15.4. The van der Waals surface area contributed by atoms with Crippen molar-refractivity contribution in [2.45, 2.75) is 5.41 Å². The predicted octanol–water partition coefficient (Wildman–Crippen LogP) is 10.4. The Balaban J connectivity index is 1.36. The van der Waals surface area contributed by atoms with Gasteiger partial charge in [0.25, 0.3) is 0 Å². The van der Waals surface area contributed by atoms with E-state index in [-0.39, 0.29) is 0 Å². The normalized spacial score (nSPS) is 15.6. The van der Waals surface area contributed by atoms with Gasteiger partial charge in [-0.15, -0.1) is 0 Å². The van der Waals surface area contributed by atoms with E-state index in [1.54, 1.807) is 0 Å². The van der Waals surface area contributed by atoms with E-state index in [0.29, 0.717) is 0 Å². The molecule has 0 aliphatic heterocycles. The van der Waals surface area contributed by atoms with Crippen LogP contribution in [0.1, 0.15) is 22.3 Å². The molecule has 6 aromatic carbocycles. The Morgan fingerprint density at radius 2 is 1.24 bits per heavy atom. The average molecular weight is 575 g/mol. The highest BCUT2D eigenvalue weighted by molar-refractivity contribution is 6.13. The van der Waals surface area contributed by atoms with E-state index in [9.17, 15) is 0 Å². The Labute approximate surface area is 259 Å². The fraction of sp³-hybridized carbons (Fsp3) is 0.0238. The highest BCUT2D eigenvalue weighted by Gasteiger charge is 2.46. The minimum atomic E-state index is -0.512. The third-order valence-electron chi connectivity index (χ3n) is 9.76. The van der Waals surface area contributed by atoms with Gasteiger partial charge < -0.3 is 8.98 Å². The molecule has 3 aromatic heterocycles. The quantitative estimate of drug-likeness (QED) is 0.210. The first-order valence-electron chi connectivity index (χ1n) is 15.4. The molecule has 0 fully saturated rings. The van der Waals surface area contributed by atoms with Crippen molar-refractivity contribution in [3.05, 3.63) is 180 Å². The molecule has 210 valence electrons. The summed E-state index contributed by atoms with van der Waals surface area (Å²) in [5.41, 5.74) is 12.3. The Hall–Kier alpha value is -5.93. The number of furan rings is 1. The molecule has 0 spiro atoms. The topological polar surface area (TPSA) is 31.0 Å². The third-order valence-corrected chi connectivity index (χ3v) is 9.76. The molecule has 1 atom stereocenters. The molecule has 0 saturated heterocycles. The molecule has 0 saturated carbocycles. The van der Waals surface area contributed by atoms with Crippen LogP contribution in [-0.2, 0) is 5.41 Å². The maximum atomic E-state index is 6.21. The summed E-state index contributed by atoms with van der Waals surface area (Å²) in [6.07, 6.45) is 3.90. The monoisotopic (exact) mass is 574 g/mol. The lowest BCUT2D eigenvalue weighted by molar-refractivity contribution is 0.669. The number of rotatable bonds is 3. The highest BCUT2D eigenvalue weighted by atomic mass is 16.3. The molecule has 3 heteroatoms. The fourth-order valence-corrected chi connectivity index (χ4v) is 7.93. The Morgan fingerprint density at radius 3 is 2.13 bits per heavy atom. The highest BCUT2D eigenvalue weighted by Crippen LogP contribution is 2.57. The van der Waals surface area contributed by atoms with E-state index in [1.807, 2.05) is 24.5 Å². The lowest BCUT2D eigenvalue weighted by atomic mass is 9.68. The zero-order valence-electron chi connectivity index (χ0n) is 24.3. The summed E-state index contributed by atoms with van der Waals surface area (Å²) in [4.78, 5) is 4.64. The van der Waals surface area contributed by atoms with Crippen LogP contribution in [0.5, 0.6) is 0 Å². The van der Waals surface area contributed by atoms with Crippen molar-refractivity contribution in [3.8, 4) is 16.8 Å². The van der Waals surface area contributed by atoms with Gasteiger partial charge in [-0.3, -0.25) is 4.98 Å². The van der Waals surface area contributed by atoms with Crippen LogP contribution in [0.15, 0.2) is 162 Å². The number of pyridine rings is 1. The van der Waals surface area contributed by atoms with Crippen LogP contribution < -0.4 is 0 Å². The number of para-hydroxylation sites is 2. The van der Waals surface area contributed by atoms with Crippen molar-refractivity contribution in [1.29, 1.82) is 0 Å². The zero-order valence-corrected chi connectivity index (χ0v) is 24.3. The second-order valence-electron chi connectivity index (χ2n) is 11.9. The first-order chi connectivity index (χ1) is 22.3. The second-order valence-corrected chi connectivity index (χ2v) is 11.9. The summed E-state index contributed by atoms with van der Waals surface area (Å²) in [7, 11) is 0. The standard InChI is InChI=1S/C42H26N2O/c1-2-11-27(12-3-1)42(28-13-10-22-43-26-28)36-17-7-4-14-30(36)33-24-34-31-15-5-8-18-38(31)44(39(34)25-37(33)42)29-20-21-41-35(23-29)32-16-6-9-19-40(32)45-41/h1-26H. The van der Waals surface area contributed by atoms with Crippen molar-refractivity contribution in [2.24, 2.45) is 0 Å². The zero-order chi connectivity index (χ0) is 29.5. The molecule has 10 rings (SSSR count). The van der Waals surface area contributed by atoms with E-state index >= 15 is 0 Å². The molecule has 0 amide bonds. The van der Waals surface area contributed by atoms with E-state index in [2.05, 4.69) is 143 Å². The number of benzene rings is 6. The molecule has 3 nitrogen and oxygen atoms in total. The van der Waals surface area contributed by atoms with Crippen LogP contribution >= 0.6 is 0 Å². The number of fused-ring (bicyclic) bond motifs is 9. The maximum Gasteiger partial charge on any atom is 0.135 e. The Bertz CT molecular complexity index is 2550. The van der Waals surface area contributed by atoms with Crippen molar-refractivity contribution < 1.29 is 4.42 Å². The number of hydrogen-bond acceptors (Lipinski definition) is 2. The van der Waals surface area contributed by atoms with E-state index in [4.69, 9.17) is 4.42 Å². The van der Waals surface area contributed by atoms with Gasteiger partial charge in [-0.05, 0) is 81.9 Å². The van der Waals surface area contributed by atoms with Crippen molar-refractivity contribution in [3.63, 3.8) is 0 Å². The number of nitrogens with zero attached hydrogens (tertiary/aromatic N) is 2. The van der Waals surface area contributed by atoms with Crippen LogP contribution in [0.25, 0.3) is 60.6 Å². The van der Waals surface area contributed by atoms with E-state index < -0.39 is 5.41 Å². The molecule has 1 aliphatic carbocycles. The molecule has 45 heavy (non-hydrogen) atoms. The molecule has 1 unspecified atom stereocenters. The van der Waals surface area contributed by atoms with Gasteiger partial charge in [0.1, 0.15) is 11.2 Å². The predicted molar refractivity (Wildman–Crippen MR) is 183 cm³/mol. The van der Waals surface area contributed by atoms with Crippen LogP contribution in [0, 0.1) is 0 Å². The number of aromatic nitrogens is 2. The molecule has 0 N–H and O–H groups in total. The lowest BCUT2D eigenvalue weighted by Crippen LogP contribution is -2.28. The van der Waals surface area contributed by atoms with Gasteiger partial charge in [-0.1, -0.05) is 97.1 Å². The van der Waals surface area contributed by atoms with E-state index in [1.165, 1.54) is 49.6 Å². The van der Waals surface area contributed by atoms with Gasteiger partial charge in [0.2, 0.25) is 0 Å². The van der Waals surface area contributed by atoms with Crippen LogP contribution in [0.4, 0.5) is 0 Å². The molecular formula is C42H26N2O. The average Bonchev–Trinajstić information content (AvgIpc) is 3.74. The van der Waals surface area contributed by atoms with Crippen molar-refractivity contribution in [2.75, 3.05) is 0 Å². The van der Waals surface area contributed by atoms with E-state index in [0.717, 1.165) is 33.2 Å². The molecular weight excluding hydrogens is 548 g/mol. The molecule has 1 aliphatic rings. The minimum absolute atomic E-state index is 0.512. The summed E-state index contributed by atoms with van der Waals surface area (Å²) in [6.45, 7) is 0. The minimum Gasteiger partial charge on any atom is -0.456 e. The van der Waals surface area contributed by atoms with Gasteiger partial charge in [0, 0.05) is 39.6 Å². The van der Waals surface area contributed by atoms with Crippen molar-refractivity contribution >= 4 is 43.7 Å². The largest absolute Gasteiger partial charge is 0.456 e. The number of hydrogen-bond donors (Lipinski definition) is 0. The molecule has 0 radical (unpaired) electrons. The maximum absolute atomic E-state index is 6.21. The summed E-state index contributed by atoms with van der Waals surface area (Å²) in [6, 6.07) is 52.6. The molecule has 3 heterocycles. The first kappa shape index (κ1) is 24.5. The Morgan fingerprint density at radius 1 is 0.489 bits per heavy atom. The summed E-state index contributed by atoms with van der Waals surface area (Å²) in [5.74, 6) is 0. The SMILES string of the molecule is c1ccc(C2(c3cccnc3)c3ccccc3-c3cc4c5ccccc5n(-c5ccc6oc7ccccc7c6c5)c4cc32)cc1. The van der Waals surface area contributed by atoms with Gasteiger partial charge >= 0.3 is 0 Å². The summed E-state index contributed by atoms with van der Waals surface area (Å²) < 4.78 is 8.63. The van der Waals surface area contributed by atoms with Gasteiger partial charge in [-0.2, -0.15) is 0 Å². The van der Waals surface area contributed by atoms with Gasteiger partial charge in [-0.25, -0.2) is 0 Å². The van der Waals surface area contributed by atoms with Crippen molar-refractivity contribution in [1.82, 2.24) is 9.55 Å². The smallest absolute Gasteiger partial charge is 0.135 e. The fourth-order valence-electron chi connectivity index (χ4n) is 7.93. The molecule has 0 bridgehead atoms. The lowest BCUT2D eigenvalue weighted by Gasteiger charge is -2.33. The summed E-state index contributed by atoms with van der Waals surface area (Å²) in [5, 5.41) is 4.73.